The van der Waals surface area contributed by atoms with Gasteiger partial charge >= 0.3 is 0 Å². The lowest BCUT2D eigenvalue weighted by Crippen LogP contribution is -2.13. The second-order valence-electron chi connectivity index (χ2n) is 5.08. The molecular weight excluding hydrogens is 234 g/mol. The highest BCUT2D eigenvalue weighted by Gasteiger charge is 2.08. The van der Waals surface area contributed by atoms with Crippen molar-refractivity contribution in [1.29, 1.82) is 0 Å². The van der Waals surface area contributed by atoms with Gasteiger partial charge in [0.15, 0.2) is 0 Å². The van der Waals surface area contributed by atoms with Crippen LogP contribution in [0, 0.1) is 13.8 Å². The fourth-order valence-electron chi connectivity index (χ4n) is 2.43. The first kappa shape index (κ1) is 13.6. The van der Waals surface area contributed by atoms with Crippen LogP contribution in [0.2, 0.25) is 0 Å². The summed E-state index contributed by atoms with van der Waals surface area (Å²) in [5.41, 5.74) is 11.3. The number of rotatable bonds is 4. The lowest BCUT2D eigenvalue weighted by molar-refractivity contribution is 0.414. The van der Waals surface area contributed by atoms with E-state index in [4.69, 9.17) is 10.5 Å². The third-order valence-electron chi connectivity index (χ3n) is 3.26. The summed E-state index contributed by atoms with van der Waals surface area (Å²) in [4.78, 5) is 0. The number of methoxy groups -OCH3 is 1. The standard InChI is InChI=1S/C17H21NO/c1-12-7-13(2)9-14(8-12)10-17(18)15-5-4-6-16(11-15)19-3/h4-9,11,17H,10,18H2,1-3H3/t17-/m1/s1. The van der Waals surface area contributed by atoms with Gasteiger partial charge in [-0.3, -0.25) is 0 Å². The van der Waals surface area contributed by atoms with Crippen molar-refractivity contribution in [2.45, 2.75) is 26.3 Å². The Bertz CT molecular complexity index is 543. The number of ether oxygens (including phenoxy) is 1. The Morgan fingerprint density at radius 2 is 1.74 bits per heavy atom. The summed E-state index contributed by atoms with van der Waals surface area (Å²) < 4.78 is 5.24. The van der Waals surface area contributed by atoms with E-state index < -0.39 is 0 Å². The molecule has 2 N–H and O–H groups in total. The van der Waals surface area contributed by atoms with Gasteiger partial charge in [-0.25, -0.2) is 0 Å². The average Bonchev–Trinajstić information content (AvgIpc) is 2.37. The molecule has 0 aliphatic heterocycles. The molecule has 0 spiro atoms. The molecule has 2 aromatic rings. The highest BCUT2D eigenvalue weighted by Crippen LogP contribution is 2.21. The van der Waals surface area contributed by atoms with E-state index in [0.717, 1.165) is 17.7 Å². The van der Waals surface area contributed by atoms with Gasteiger partial charge in [0.25, 0.3) is 0 Å². The zero-order valence-electron chi connectivity index (χ0n) is 11.8. The van der Waals surface area contributed by atoms with Crippen LogP contribution in [0.5, 0.6) is 5.75 Å². The van der Waals surface area contributed by atoms with E-state index in [1.165, 1.54) is 16.7 Å². The largest absolute Gasteiger partial charge is 0.497 e. The maximum absolute atomic E-state index is 6.30. The number of aryl methyl sites for hydroxylation is 2. The topological polar surface area (TPSA) is 35.2 Å². The van der Waals surface area contributed by atoms with Gasteiger partial charge in [0.05, 0.1) is 7.11 Å². The minimum absolute atomic E-state index is 0.00343. The number of hydrogen-bond acceptors (Lipinski definition) is 2. The lowest BCUT2D eigenvalue weighted by atomic mass is 9.97. The Morgan fingerprint density at radius 3 is 2.37 bits per heavy atom. The average molecular weight is 255 g/mol. The van der Waals surface area contributed by atoms with Gasteiger partial charge in [0, 0.05) is 6.04 Å². The molecule has 0 saturated carbocycles. The molecule has 0 radical (unpaired) electrons. The fraction of sp³-hybridized carbons (Fsp3) is 0.294. The number of hydrogen-bond donors (Lipinski definition) is 1. The molecule has 0 heterocycles. The van der Waals surface area contributed by atoms with Gasteiger partial charge in [0.1, 0.15) is 5.75 Å². The zero-order chi connectivity index (χ0) is 13.8. The van der Waals surface area contributed by atoms with Crippen LogP contribution in [0.1, 0.15) is 28.3 Å². The summed E-state index contributed by atoms with van der Waals surface area (Å²) in [6, 6.07) is 14.6. The molecule has 0 bridgehead atoms. The van der Waals surface area contributed by atoms with Gasteiger partial charge in [0.2, 0.25) is 0 Å². The molecular formula is C17H21NO. The van der Waals surface area contributed by atoms with Crippen molar-refractivity contribution in [2.75, 3.05) is 7.11 Å². The summed E-state index contributed by atoms with van der Waals surface area (Å²) in [5, 5.41) is 0. The molecule has 2 aromatic carbocycles. The SMILES string of the molecule is COc1cccc([C@H](N)Cc2cc(C)cc(C)c2)c1. The van der Waals surface area contributed by atoms with Crippen LogP contribution in [-0.2, 0) is 6.42 Å². The molecule has 1 atom stereocenters. The first-order valence-electron chi connectivity index (χ1n) is 6.55. The van der Waals surface area contributed by atoms with Crippen molar-refractivity contribution in [3.63, 3.8) is 0 Å². The summed E-state index contributed by atoms with van der Waals surface area (Å²) in [5.74, 6) is 0.855. The van der Waals surface area contributed by atoms with Gasteiger partial charge < -0.3 is 10.5 Å². The van der Waals surface area contributed by atoms with E-state index in [0.29, 0.717) is 0 Å². The zero-order valence-corrected chi connectivity index (χ0v) is 11.8. The summed E-state index contributed by atoms with van der Waals surface area (Å²) in [6.45, 7) is 4.24. The van der Waals surface area contributed by atoms with Gasteiger partial charge in [-0.15, -0.1) is 0 Å². The van der Waals surface area contributed by atoms with E-state index in [1.54, 1.807) is 7.11 Å². The van der Waals surface area contributed by atoms with Crippen molar-refractivity contribution in [3.8, 4) is 5.75 Å². The Hall–Kier alpha value is -1.80. The molecule has 0 aliphatic carbocycles. The molecule has 0 fully saturated rings. The Kier molecular flexibility index (Phi) is 4.23. The maximum Gasteiger partial charge on any atom is 0.119 e. The quantitative estimate of drug-likeness (QED) is 0.906. The summed E-state index contributed by atoms with van der Waals surface area (Å²) in [7, 11) is 1.68. The van der Waals surface area contributed by atoms with E-state index in [1.807, 2.05) is 18.2 Å². The maximum atomic E-state index is 6.30. The second-order valence-corrected chi connectivity index (χ2v) is 5.08. The summed E-state index contributed by atoms with van der Waals surface area (Å²) >= 11 is 0. The molecule has 19 heavy (non-hydrogen) atoms. The molecule has 0 unspecified atom stereocenters. The predicted octanol–water partition coefficient (Wildman–Crippen LogP) is 3.55. The monoisotopic (exact) mass is 255 g/mol. The molecule has 0 aliphatic rings. The molecule has 0 saturated heterocycles. The van der Waals surface area contributed by atoms with Crippen molar-refractivity contribution in [3.05, 3.63) is 64.7 Å². The third-order valence-corrected chi connectivity index (χ3v) is 3.26. The van der Waals surface area contributed by atoms with Gasteiger partial charge in [-0.05, 0) is 43.5 Å². The molecule has 2 heteroatoms. The Morgan fingerprint density at radius 1 is 1.05 bits per heavy atom. The third kappa shape index (κ3) is 3.58. The molecule has 100 valence electrons. The van der Waals surface area contributed by atoms with Crippen molar-refractivity contribution in [1.82, 2.24) is 0 Å². The van der Waals surface area contributed by atoms with E-state index >= 15 is 0 Å². The molecule has 0 amide bonds. The summed E-state index contributed by atoms with van der Waals surface area (Å²) in [6.07, 6.45) is 0.843. The van der Waals surface area contributed by atoms with E-state index in [2.05, 4.69) is 38.1 Å². The van der Waals surface area contributed by atoms with Crippen LogP contribution in [0.4, 0.5) is 0 Å². The van der Waals surface area contributed by atoms with Crippen molar-refractivity contribution >= 4 is 0 Å². The van der Waals surface area contributed by atoms with Crippen molar-refractivity contribution in [2.24, 2.45) is 5.73 Å². The Labute approximate surface area is 115 Å². The van der Waals surface area contributed by atoms with Crippen LogP contribution < -0.4 is 10.5 Å². The Balaban J connectivity index is 2.17. The van der Waals surface area contributed by atoms with Crippen molar-refractivity contribution < 1.29 is 4.74 Å². The van der Waals surface area contributed by atoms with Crippen LogP contribution >= 0.6 is 0 Å². The van der Waals surface area contributed by atoms with Crippen LogP contribution in [0.25, 0.3) is 0 Å². The second kappa shape index (κ2) is 5.89. The first-order chi connectivity index (χ1) is 9.08. The minimum Gasteiger partial charge on any atom is -0.497 e. The van der Waals surface area contributed by atoms with E-state index in [9.17, 15) is 0 Å². The van der Waals surface area contributed by atoms with Gasteiger partial charge in [-0.1, -0.05) is 41.5 Å². The highest BCUT2D eigenvalue weighted by molar-refractivity contribution is 5.33. The molecule has 2 rings (SSSR count). The number of nitrogens with two attached hydrogens (primary N) is 1. The van der Waals surface area contributed by atoms with Crippen LogP contribution in [0.3, 0.4) is 0 Å². The molecule has 0 aromatic heterocycles. The smallest absolute Gasteiger partial charge is 0.119 e. The minimum atomic E-state index is -0.00343. The predicted molar refractivity (Wildman–Crippen MR) is 79.5 cm³/mol. The molecule has 2 nitrogen and oxygen atoms in total. The normalized spacial score (nSPS) is 12.2. The number of benzene rings is 2. The van der Waals surface area contributed by atoms with Gasteiger partial charge in [-0.2, -0.15) is 0 Å². The fourth-order valence-corrected chi connectivity index (χ4v) is 2.43. The van der Waals surface area contributed by atoms with Crippen LogP contribution in [0.15, 0.2) is 42.5 Å². The lowest BCUT2D eigenvalue weighted by Gasteiger charge is -2.14. The highest BCUT2D eigenvalue weighted by atomic mass is 16.5. The first-order valence-corrected chi connectivity index (χ1v) is 6.55. The van der Waals surface area contributed by atoms with E-state index in [-0.39, 0.29) is 6.04 Å². The van der Waals surface area contributed by atoms with Crippen LogP contribution in [-0.4, -0.2) is 7.11 Å².